The number of fused-ring (bicyclic) bond motifs is 1. The van der Waals surface area contributed by atoms with Gasteiger partial charge in [-0.3, -0.25) is 0 Å². The van der Waals surface area contributed by atoms with Crippen molar-refractivity contribution in [3.05, 3.63) is 48.7 Å². The van der Waals surface area contributed by atoms with E-state index in [0.717, 1.165) is 22.0 Å². The molecular weight excluding hydrogens is 284 g/mol. The van der Waals surface area contributed by atoms with Crippen molar-refractivity contribution in [1.29, 1.82) is 0 Å². The molecule has 21 heavy (non-hydrogen) atoms. The first-order chi connectivity index (χ1) is 10.0. The lowest BCUT2D eigenvalue weighted by Gasteiger charge is -2.05. The van der Waals surface area contributed by atoms with Gasteiger partial charge in [0.15, 0.2) is 9.84 Å². The molecule has 0 amide bonds. The molecule has 0 aliphatic rings. The van der Waals surface area contributed by atoms with Crippen molar-refractivity contribution in [2.75, 3.05) is 11.5 Å². The van der Waals surface area contributed by atoms with Crippen LogP contribution in [0.25, 0.3) is 22.0 Å². The number of hydrogen-bond donors (Lipinski definition) is 2. The number of aromatic amines is 1. The lowest BCUT2D eigenvalue weighted by atomic mass is 10.0. The van der Waals surface area contributed by atoms with Crippen LogP contribution in [-0.4, -0.2) is 19.2 Å². The summed E-state index contributed by atoms with van der Waals surface area (Å²) in [4.78, 5) is 3.46. The van der Waals surface area contributed by atoms with Crippen molar-refractivity contribution >= 4 is 26.4 Å². The monoisotopic (exact) mass is 300 g/mol. The van der Waals surface area contributed by atoms with Crippen molar-refractivity contribution in [2.45, 2.75) is 11.8 Å². The molecule has 1 aromatic heterocycles. The van der Waals surface area contributed by atoms with Crippen LogP contribution in [0, 0.1) is 0 Å². The topological polar surface area (TPSA) is 76.0 Å². The largest absolute Gasteiger partial charge is 0.397 e. The van der Waals surface area contributed by atoms with Crippen molar-refractivity contribution in [1.82, 2.24) is 4.98 Å². The Balaban J connectivity index is 2.04. The summed E-state index contributed by atoms with van der Waals surface area (Å²) in [6.07, 6.45) is 1.77. The van der Waals surface area contributed by atoms with E-state index < -0.39 is 9.84 Å². The summed E-state index contributed by atoms with van der Waals surface area (Å²) in [6, 6.07) is 12.9. The van der Waals surface area contributed by atoms with Gasteiger partial charge < -0.3 is 10.7 Å². The first-order valence-corrected chi connectivity index (χ1v) is 8.36. The third-order valence-corrected chi connectivity index (χ3v) is 5.39. The Bertz CT molecular complexity index is 894. The summed E-state index contributed by atoms with van der Waals surface area (Å²) in [7, 11) is -3.15. The molecule has 0 saturated heterocycles. The standard InChI is InChI=1S/C16H16N2O2S/c1-2-21(19,20)13-6-3-11(4-7-13)12-5-8-16-14(9-12)15(17)10-18-16/h3-10,18H,2,17H2,1H3. The molecule has 0 bridgehead atoms. The number of nitrogen functional groups attached to an aromatic ring is 1. The number of anilines is 1. The number of nitrogens with two attached hydrogens (primary N) is 1. The van der Waals surface area contributed by atoms with Gasteiger partial charge in [-0.25, -0.2) is 8.42 Å². The minimum Gasteiger partial charge on any atom is -0.397 e. The smallest absolute Gasteiger partial charge is 0.178 e. The van der Waals surface area contributed by atoms with Gasteiger partial charge in [0.2, 0.25) is 0 Å². The first-order valence-electron chi connectivity index (χ1n) is 6.71. The Morgan fingerprint density at radius 3 is 2.38 bits per heavy atom. The highest BCUT2D eigenvalue weighted by Crippen LogP contribution is 2.28. The average Bonchev–Trinajstić information content (AvgIpc) is 2.88. The van der Waals surface area contributed by atoms with Gasteiger partial charge in [0.25, 0.3) is 0 Å². The molecule has 0 spiro atoms. The third-order valence-electron chi connectivity index (χ3n) is 3.64. The third kappa shape index (κ3) is 2.40. The number of H-pyrrole nitrogens is 1. The molecule has 3 rings (SSSR count). The Hall–Kier alpha value is -2.27. The first kappa shape index (κ1) is 13.7. The number of nitrogens with one attached hydrogen (secondary N) is 1. The van der Waals surface area contributed by atoms with Gasteiger partial charge in [0.1, 0.15) is 0 Å². The summed E-state index contributed by atoms with van der Waals surface area (Å²) >= 11 is 0. The molecule has 0 atom stereocenters. The molecule has 0 fully saturated rings. The summed E-state index contributed by atoms with van der Waals surface area (Å²) in [5.74, 6) is 0.109. The van der Waals surface area contributed by atoms with Gasteiger partial charge in [0.05, 0.1) is 16.3 Å². The maximum atomic E-state index is 11.8. The minimum absolute atomic E-state index is 0.109. The highest BCUT2D eigenvalue weighted by Gasteiger charge is 2.11. The lowest BCUT2D eigenvalue weighted by molar-refractivity contribution is 0.597. The van der Waals surface area contributed by atoms with Gasteiger partial charge in [-0.1, -0.05) is 25.1 Å². The highest BCUT2D eigenvalue weighted by atomic mass is 32.2. The molecule has 0 saturated carbocycles. The Morgan fingerprint density at radius 2 is 1.71 bits per heavy atom. The number of aromatic nitrogens is 1. The minimum atomic E-state index is -3.15. The van der Waals surface area contributed by atoms with Crippen LogP contribution in [-0.2, 0) is 9.84 Å². The lowest BCUT2D eigenvalue weighted by Crippen LogP contribution is -2.03. The molecule has 2 aromatic carbocycles. The van der Waals surface area contributed by atoms with Crippen LogP contribution in [0.4, 0.5) is 5.69 Å². The van der Waals surface area contributed by atoms with Crippen LogP contribution in [0.1, 0.15) is 6.92 Å². The second kappa shape index (κ2) is 4.93. The molecule has 108 valence electrons. The van der Waals surface area contributed by atoms with E-state index in [9.17, 15) is 8.42 Å². The zero-order valence-corrected chi connectivity index (χ0v) is 12.4. The van der Waals surface area contributed by atoms with Crippen LogP contribution in [0.2, 0.25) is 0 Å². The molecule has 0 aliphatic heterocycles. The van der Waals surface area contributed by atoms with Gasteiger partial charge >= 0.3 is 0 Å². The van der Waals surface area contributed by atoms with Crippen molar-refractivity contribution < 1.29 is 8.42 Å². The summed E-state index contributed by atoms with van der Waals surface area (Å²) in [5.41, 5.74) is 9.58. The fourth-order valence-electron chi connectivity index (χ4n) is 2.34. The van der Waals surface area contributed by atoms with Crippen LogP contribution in [0.15, 0.2) is 53.6 Å². The zero-order chi connectivity index (χ0) is 15.0. The molecule has 3 N–H and O–H groups in total. The van der Waals surface area contributed by atoms with Gasteiger partial charge in [-0.05, 0) is 35.4 Å². The normalized spacial score (nSPS) is 11.9. The van der Waals surface area contributed by atoms with Crippen LogP contribution in [0.3, 0.4) is 0 Å². The zero-order valence-electron chi connectivity index (χ0n) is 11.6. The van der Waals surface area contributed by atoms with Crippen molar-refractivity contribution in [2.24, 2.45) is 0 Å². The summed E-state index contributed by atoms with van der Waals surface area (Å²) < 4.78 is 23.6. The average molecular weight is 300 g/mol. The molecule has 0 aliphatic carbocycles. The maximum Gasteiger partial charge on any atom is 0.178 e. The predicted molar refractivity (Wildman–Crippen MR) is 85.9 cm³/mol. The van der Waals surface area contributed by atoms with Crippen molar-refractivity contribution in [3.63, 3.8) is 0 Å². The Labute approximate surface area is 123 Å². The van der Waals surface area contributed by atoms with Crippen LogP contribution < -0.4 is 5.73 Å². The number of benzene rings is 2. The molecule has 5 heteroatoms. The second-order valence-corrected chi connectivity index (χ2v) is 7.21. The maximum absolute atomic E-state index is 11.8. The van der Waals surface area contributed by atoms with E-state index in [1.54, 1.807) is 25.3 Å². The predicted octanol–water partition coefficient (Wildman–Crippen LogP) is 3.21. The van der Waals surface area contributed by atoms with Crippen molar-refractivity contribution in [3.8, 4) is 11.1 Å². The van der Waals surface area contributed by atoms with E-state index in [-0.39, 0.29) is 5.75 Å². The van der Waals surface area contributed by atoms with E-state index in [2.05, 4.69) is 4.98 Å². The molecular formula is C16H16N2O2S. The summed E-state index contributed by atoms with van der Waals surface area (Å²) in [5, 5.41) is 0.970. The molecule has 4 nitrogen and oxygen atoms in total. The van der Waals surface area contributed by atoms with E-state index in [1.165, 1.54) is 0 Å². The number of hydrogen-bond acceptors (Lipinski definition) is 3. The highest BCUT2D eigenvalue weighted by molar-refractivity contribution is 7.91. The Kier molecular flexibility index (Phi) is 3.22. The number of sulfone groups is 1. The SMILES string of the molecule is CCS(=O)(=O)c1ccc(-c2ccc3[nH]cc(N)c3c2)cc1. The van der Waals surface area contributed by atoms with E-state index in [0.29, 0.717) is 10.6 Å². The van der Waals surface area contributed by atoms with Gasteiger partial charge in [0, 0.05) is 17.1 Å². The molecule has 1 heterocycles. The van der Waals surface area contributed by atoms with Crippen LogP contribution >= 0.6 is 0 Å². The van der Waals surface area contributed by atoms with E-state index in [1.807, 2.05) is 30.3 Å². The molecule has 3 aromatic rings. The summed E-state index contributed by atoms with van der Waals surface area (Å²) in [6.45, 7) is 1.64. The fourth-order valence-corrected chi connectivity index (χ4v) is 3.23. The molecule has 0 radical (unpaired) electrons. The molecule has 0 unspecified atom stereocenters. The van der Waals surface area contributed by atoms with E-state index >= 15 is 0 Å². The quantitative estimate of drug-likeness (QED) is 0.780. The van der Waals surface area contributed by atoms with Gasteiger partial charge in [-0.2, -0.15) is 0 Å². The van der Waals surface area contributed by atoms with E-state index in [4.69, 9.17) is 5.73 Å². The fraction of sp³-hybridized carbons (Fsp3) is 0.125. The second-order valence-electron chi connectivity index (χ2n) is 4.93. The van der Waals surface area contributed by atoms with Gasteiger partial charge in [-0.15, -0.1) is 0 Å². The van der Waals surface area contributed by atoms with Crippen LogP contribution in [0.5, 0.6) is 0 Å². The Morgan fingerprint density at radius 1 is 1.05 bits per heavy atom. The number of rotatable bonds is 3.